The minimum atomic E-state index is 0.205. The first kappa shape index (κ1) is 23.7. The molecule has 0 aliphatic heterocycles. The van der Waals surface area contributed by atoms with Crippen LogP contribution in [0.4, 0.5) is 0 Å². The average molecular weight is 393 g/mol. The first-order valence-corrected chi connectivity index (χ1v) is 11.3. The van der Waals surface area contributed by atoms with E-state index in [1.807, 2.05) is 0 Å². The Morgan fingerprint density at radius 1 is 0.448 bits per heavy atom. The summed E-state index contributed by atoms with van der Waals surface area (Å²) in [6.07, 6.45) is 3.37. The Labute approximate surface area is 181 Å². The van der Waals surface area contributed by atoms with Crippen LogP contribution in [0.2, 0.25) is 0 Å². The normalized spacial score (nSPS) is 13.6. The van der Waals surface area contributed by atoms with E-state index in [9.17, 15) is 0 Å². The maximum atomic E-state index is 2.37. The predicted octanol–water partition coefficient (Wildman–Crippen LogP) is 8.71. The summed E-state index contributed by atoms with van der Waals surface area (Å²) in [7, 11) is 0. The lowest BCUT2D eigenvalue weighted by atomic mass is 9.72. The van der Waals surface area contributed by atoms with Gasteiger partial charge in [-0.15, -0.1) is 0 Å². The van der Waals surface area contributed by atoms with Crippen LogP contribution in [0.25, 0.3) is 0 Å². The topological polar surface area (TPSA) is 0 Å². The molecule has 0 spiro atoms. The van der Waals surface area contributed by atoms with Crippen molar-refractivity contribution in [3.8, 4) is 0 Å². The van der Waals surface area contributed by atoms with Crippen molar-refractivity contribution in [3.63, 3.8) is 0 Å². The second-order valence-electron chi connectivity index (χ2n) is 12.8. The maximum Gasteiger partial charge on any atom is -0.00258 e. The smallest absolute Gasteiger partial charge is 0.00258 e. The molecule has 0 aliphatic rings. The molecule has 0 amide bonds. The van der Waals surface area contributed by atoms with Crippen molar-refractivity contribution in [3.05, 3.63) is 70.8 Å². The Bertz CT molecular complexity index is 702. The Morgan fingerprint density at radius 3 is 0.966 bits per heavy atom. The van der Waals surface area contributed by atoms with Crippen LogP contribution in [-0.2, 0) is 17.3 Å². The molecule has 2 aromatic rings. The third kappa shape index (κ3) is 7.32. The van der Waals surface area contributed by atoms with E-state index in [0.29, 0.717) is 10.8 Å². The molecule has 0 saturated heterocycles. The summed E-state index contributed by atoms with van der Waals surface area (Å²) in [5, 5.41) is 0. The van der Waals surface area contributed by atoms with Crippen molar-refractivity contribution in [2.24, 2.45) is 10.8 Å². The van der Waals surface area contributed by atoms with Gasteiger partial charge in [0, 0.05) is 0 Å². The summed E-state index contributed by atoms with van der Waals surface area (Å²) < 4.78 is 0. The van der Waals surface area contributed by atoms with Crippen LogP contribution >= 0.6 is 0 Å². The SMILES string of the molecule is CC(C)(C)CC(C)(C)c1ccc(Cc2ccc(C(C)(C)CC(C)(C)C)cc2)cc1. The Morgan fingerprint density at radius 2 is 0.724 bits per heavy atom. The lowest BCUT2D eigenvalue weighted by molar-refractivity contribution is 0.283. The second kappa shape index (κ2) is 8.29. The summed E-state index contributed by atoms with van der Waals surface area (Å²) in [4.78, 5) is 0. The highest BCUT2D eigenvalue weighted by molar-refractivity contribution is 5.34. The third-order valence-electron chi connectivity index (χ3n) is 5.82. The van der Waals surface area contributed by atoms with Crippen LogP contribution in [0.5, 0.6) is 0 Å². The van der Waals surface area contributed by atoms with Gasteiger partial charge in [0.2, 0.25) is 0 Å². The number of hydrogen-bond donors (Lipinski definition) is 0. The molecular weight excluding hydrogens is 348 g/mol. The highest BCUT2D eigenvalue weighted by Crippen LogP contribution is 2.37. The molecule has 0 radical (unpaired) electrons. The molecule has 2 rings (SSSR count). The minimum absolute atomic E-state index is 0.205. The van der Waals surface area contributed by atoms with E-state index in [4.69, 9.17) is 0 Å². The van der Waals surface area contributed by atoms with Gasteiger partial charge >= 0.3 is 0 Å². The van der Waals surface area contributed by atoms with E-state index in [1.54, 1.807) is 0 Å². The van der Waals surface area contributed by atoms with Gasteiger partial charge < -0.3 is 0 Å². The van der Waals surface area contributed by atoms with Gasteiger partial charge in [-0.05, 0) is 63.2 Å². The summed E-state index contributed by atoms with van der Waals surface area (Å²) in [5.74, 6) is 0. The van der Waals surface area contributed by atoms with Gasteiger partial charge in [-0.1, -0.05) is 118 Å². The summed E-state index contributed by atoms with van der Waals surface area (Å²) in [6.45, 7) is 23.4. The molecule has 0 bridgehead atoms. The fourth-order valence-electron chi connectivity index (χ4n) is 5.24. The summed E-state index contributed by atoms with van der Waals surface area (Å²) in [5.41, 5.74) is 6.75. The van der Waals surface area contributed by atoms with E-state index in [-0.39, 0.29) is 10.8 Å². The van der Waals surface area contributed by atoms with Gasteiger partial charge in [-0.25, -0.2) is 0 Å². The van der Waals surface area contributed by atoms with Crippen LogP contribution in [0.3, 0.4) is 0 Å². The lowest BCUT2D eigenvalue weighted by Gasteiger charge is -2.33. The maximum absolute atomic E-state index is 2.37. The highest BCUT2D eigenvalue weighted by atomic mass is 14.3. The molecular formula is C29H44. The molecule has 0 aromatic heterocycles. The third-order valence-corrected chi connectivity index (χ3v) is 5.82. The second-order valence-corrected chi connectivity index (χ2v) is 12.8. The standard InChI is InChI=1S/C29H44/c1-26(2,3)20-28(7,8)24-15-11-22(12-16-24)19-23-13-17-25(18-14-23)29(9,10)21-27(4,5)6/h11-18H,19-21H2,1-10H3. The van der Waals surface area contributed by atoms with Gasteiger partial charge in [-0.3, -0.25) is 0 Å². The molecule has 0 aliphatic carbocycles. The molecule has 0 heteroatoms. The molecule has 0 saturated carbocycles. The largest absolute Gasteiger partial charge is 0.0601 e. The fourth-order valence-corrected chi connectivity index (χ4v) is 5.24. The van der Waals surface area contributed by atoms with E-state index < -0.39 is 0 Å². The first-order valence-electron chi connectivity index (χ1n) is 11.3. The Balaban J connectivity index is 2.09. The van der Waals surface area contributed by atoms with Crippen molar-refractivity contribution >= 4 is 0 Å². The molecule has 2 aromatic carbocycles. The van der Waals surface area contributed by atoms with Crippen LogP contribution in [-0.4, -0.2) is 0 Å². The average Bonchev–Trinajstić information content (AvgIpc) is 2.51. The highest BCUT2D eigenvalue weighted by Gasteiger charge is 2.28. The number of benzene rings is 2. The monoisotopic (exact) mass is 392 g/mol. The first-order chi connectivity index (χ1) is 13.1. The minimum Gasteiger partial charge on any atom is -0.0601 e. The van der Waals surface area contributed by atoms with E-state index in [0.717, 1.165) is 6.42 Å². The van der Waals surface area contributed by atoms with E-state index in [2.05, 4.69) is 118 Å². The van der Waals surface area contributed by atoms with Crippen molar-refractivity contribution < 1.29 is 0 Å². The van der Waals surface area contributed by atoms with Gasteiger partial charge in [0.15, 0.2) is 0 Å². The van der Waals surface area contributed by atoms with Gasteiger partial charge in [0.05, 0.1) is 0 Å². The van der Waals surface area contributed by atoms with Crippen LogP contribution < -0.4 is 0 Å². The van der Waals surface area contributed by atoms with Crippen LogP contribution in [0.15, 0.2) is 48.5 Å². The number of rotatable bonds is 6. The zero-order valence-electron chi connectivity index (χ0n) is 20.7. The Kier molecular flexibility index (Phi) is 6.78. The predicted molar refractivity (Wildman–Crippen MR) is 130 cm³/mol. The lowest BCUT2D eigenvalue weighted by Crippen LogP contribution is -2.24. The van der Waals surface area contributed by atoms with Crippen molar-refractivity contribution in [2.45, 2.75) is 99.3 Å². The van der Waals surface area contributed by atoms with Crippen molar-refractivity contribution in [2.75, 3.05) is 0 Å². The van der Waals surface area contributed by atoms with Crippen LogP contribution in [0, 0.1) is 10.8 Å². The molecule has 0 atom stereocenters. The summed E-state index contributed by atoms with van der Waals surface area (Å²) >= 11 is 0. The van der Waals surface area contributed by atoms with Crippen molar-refractivity contribution in [1.29, 1.82) is 0 Å². The zero-order chi connectivity index (χ0) is 22.1. The van der Waals surface area contributed by atoms with Gasteiger partial charge in [0.25, 0.3) is 0 Å². The molecule has 29 heavy (non-hydrogen) atoms. The molecule has 160 valence electrons. The molecule has 0 N–H and O–H groups in total. The van der Waals surface area contributed by atoms with Gasteiger partial charge in [-0.2, -0.15) is 0 Å². The number of hydrogen-bond acceptors (Lipinski definition) is 0. The quantitative estimate of drug-likeness (QED) is 0.461. The van der Waals surface area contributed by atoms with E-state index in [1.165, 1.54) is 35.1 Å². The molecule has 0 nitrogen and oxygen atoms in total. The van der Waals surface area contributed by atoms with Gasteiger partial charge in [0.1, 0.15) is 0 Å². The van der Waals surface area contributed by atoms with Crippen molar-refractivity contribution in [1.82, 2.24) is 0 Å². The van der Waals surface area contributed by atoms with E-state index >= 15 is 0 Å². The summed E-state index contributed by atoms with van der Waals surface area (Å²) in [6, 6.07) is 18.6. The fraction of sp³-hybridized carbons (Fsp3) is 0.586. The molecule has 0 fully saturated rings. The molecule has 0 unspecified atom stereocenters. The Hall–Kier alpha value is -1.56. The van der Waals surface area contributed by atoms with Crippen LogP contribution in [0.1, 0.15) is 104 Å². The zero-order valence-corrected chi connectivity index (χ0v) is 20.7. The molecule has 0 heterocycles.